The third kappa shape index (κ3) is 4.01. The number of alkyl halides is 3. The molecule has 0 saturated carbocycles. The molecule has 0 bridgehead atoms. The van der Waals surface area contributed by atoms with Crippen molar-refractivity contribution < 1.29 is 32.2 Å². The van der Waals surface area contributed by atoms with Gasteiger partial charge in [-0.3, -0.25) is 4.79 Å². The molecule has 0 unspecified atom stereocenters. The van der Waals surface area contributed by atoms with Crippen LogP contribution in [0.25, 0.3) is 22.3 Å². The second-order valence-electron chi connectivity index (χ2n) is 8.16. The summed E-state index contributed by atoms with van der Waals surface area (Å²) in [4.78, 5) is 15.2. The molecule has 6 nitrogen and oxygen atoms in total. The smallest absolute Gasteiger partial charge is 0.417 e. The maximum atomic E-state index is 13.4. The van der Waals surface area contributed by atoms with Gasteiger partial charge in [0.15, 0.2) is 5.43 Å². The van der Waals surface area contributed by atoms with Crippen LogP contribution in [0.2, 0.25) is 5.02 Å². The van der Waals surface area contributed by atoms with Gasteiger partial charge in [-0.2, -0.15) is 13.2 Å². The van der Waals surface area contributed by atoms with Crippen LogP contribution in [0.5, 0.6) is 11.5 Å². The van der Waals surface area contributed by atoms with E-state index in [1.54, 1.807) is 6.07 Å². The molecule has 182 valence electrons. The van der Waals surface area contributed by atoms with E-state index in [1.807, 2.05) is 11.9 Å². The fraction of sp³-hybridized carbons (Fsp3) is 0.375. The Hall–Kier alpha value is -2.75. The molecule has 1 aromatic heterocycles. The molecule has 0 amide bonds. The summed E-state index contributed by atoms with van der Waals surface area (Å²) in [6, 6.07) is 5.85. The van der Waals surface area contributed by atoms with Gasteiger partial charge in [-0.05, 0) is 32.1 Å². The Morgan fingerprint density at radius 2 is 1.91 bits per heavy atom. The maximum Gasteiger partial charge on any atom is 0.417 e. The van der Waals surface area contributed by atoms with Gasteiger partial charge in [-0.15, -0.1) is 0 Å². The first kappa shape index (κ1) is 24.4. The summed E-state index contributed by atoms with van der Waals surface area (Å²) >= 11 is 6.11. The van der Waals surface area contributed by atoms with Gasteiger partial charge in [-0.1, -0.05) is 17.7 Å². The number of hydrogen-bond donors (Lipinski definition) is 1. The number of rotatable bonds is 5. The third-order valence-electron chi connectivity index (χ3n) is 6.36. The standard InChI is InChI=1S/C24H23ClF3NO5/c1-29-8-7-12(15(29)11-30)20-18(32-2)10-19(33-3)21-16(31)9-17(34-23(20)21)13-5-4-6-14(22(13)25)24(26,27)28/h4-6,9-10,12,15,30H,7-8,11H2,1-3H3/t12-,15+/m0/s1. The van der Waals surface area contributed by atoms with Crippen molar-refractivity contribution in [2.45, 2.75) is 24.6 Å². The van der Waals surface area contributed by atoms with E-state index in [2.05, 4.69) is 0 Å². The van der Waals surface area contributed by atoms with Crippen molar-refractivity contribution >= 4 is 22.6 Å². The number of aliphatic hydroxyl groups is 1. The first-order chi connectivity index (χ1) is 16.1. The highest BCUT2D eigenvalue weighted by atomic mass is 35.5. The Balaban J connectivity index is 2.06. The zero-order valence-electron chi connectivity index (χ0n) is 18.7. The quantitative estimate of drug-likeness (QED) is 0.539. The zero-order chi connectivity index (χ0) is 24.8. The number of halogens is 4. The molecule has 10 heteroatoms. The fourth-order valence-electron chi connectivity index (χ4n) is 4.66. The lowest BCUT2D eigenvalue weighted by Gasteiger charge is -2.25. The van der Waals surface area contributed by atoms with Crippen LogP contribution in [0.3, 0.4) is 0 Å². The number of ether oxygens (including phenoxy) is 2. The van der Waals surface area contributed by atoms with E-state index in [4.69, 9.17) is 25.5 Å². The number of hydrogen-bond acceptors (Lipinski definition) is 6. The monoisotopic (exact) mass is 497 g/mol. The van der Waals surface area contributed by atoms with E-state index in [1.165, 1.54) is 26.4 Å². The van der Waals surface area contributed by atoms with Crippen molar-refractivity contribution in [3.8, 4) is 22.8 Å². The minimum Gasteiger partial charge on any atom is -0.496 e. The summed E-state index contributed by atoms with van der Waals surface area (Å²) in [5.74, 6) is 0.224. The molecule has 1 aliphatic rings. The van der Waals surface area contributed by atoms with E-state index in [0.29, 0.717) is 24.3 Å². The molecule has 34 heavy (non-hydrogen) atoms. The minimum atomic E-state index is -4.68. The molecule has 1 fully saturated rings. The molecule has 1 saturated heterocycles. The number of likely N-dealkylation sites (N-methyl/N-ethyl adjacent to an activating group) is 1. The fourth-order valence-corrected chi connectivity index (χ4v) is 4.99. The van der Waals surface area contributed by atoms with Crippen LogP contribution in [0, 0.1) is 0 Å². The molecular weight excluding hydrogens is 475 g/mol. The number of fused-ring (bicyclic) bond motifs is 1. The number of methoxy groups -OCH3 is 2. The van der Waals surface area contributed by atoms with Gasteiger partial charge in [0.2, 0.25) is 0 Å². The average molecular weight is 498 g/mol. The van der Waals surface area contributed by atoms with Gasteiger partial charge in [0.25, 0.3) is 0 Å². The van der Waals surface area contributed by atoms with Gasteiger partial charge in [0.05, 0.1) is 31.4 Å². The van der Waals surface area contributed by atoms with Crippen LogP contribution in [0.1, 0.15) is 23.5 Å². The molecule has 0 aliphatic carbocycles. The molecule has 2 heterocycles. The number of nitrogens with zero attached hydrogens (tertiary/aromatic N) is 1. The zero-order valence-corrected chi connectivity index (χ0v) is 19.5. The van der Waals surface area contributed by atoms with Crippen LogP contribution in [-0.4, -0.2) is 50.5 Å². The number of benzene rings is 2. The molecule has 4 rings (SSSR count). The van der Waals surface area contributed by atoms with E-state index in [9.17, 15) is 23.1 Å². The summed E-state index contributed by atoms with van der Waals surface area (Å²) in [5, 5.41) is 9.58. The third-order valence-corrected chi connectivity index (χ3v) is 6.76. The Morgan fingerprint density at radius 3 is 2.53 bits per heavy atom. The van der Waals surface area contributed by atoms with Crippen LogP contribution >= 0.6 is 11.6 Å². The largest absolute Gasteiger partial charge is 0.496 e. The molecule has 0 spiro atoms. The SMILES string of the molecule is COc1cc(OC)c2c(=O)cc(-c3cccc(C(F)(F)F)c3Cl)oc2c1[C@H]1CCN(C)[C@@H]1CO. The van der Waals surface area contributed by atoms with Crippen molar-refractivity contribution in [3.63, 3.8) is 0 Å². The predicted molar refractivity (Wildman–Crippen MR) is 122 cm³/mol. The van der Waals surface area contributed by atoms with Crippen molar-refractivity contribution in [2.24, 2.45) is 0 Å². The van der Waals surface area contributed by atoms with Crippen LogP contribution < -0.4 is 14.9 Å². The second kappa shape index (κ2) is 9.13. The Kier molecular flexibility index (Phi) is 6.54. The highest BCUT2D eigenvalue weighted by molar-refractivity contribution is 6.34. The van der Waals surface area contributed by atoms with E-state index >= 15 is 0 Å². The Morgan fingerprint density at radius 1 is 1.21 bits per heavy atom. The van der Waals surface area contributed by atoms with E-state index in [0.717, 1.165) is 12.1 Å². The molecule has 2 aromatic carbocycles. The van der Waals surface area contributed by atoms with Crippen molar-refractivity contribution in [1.82, 2.24) is 4.90 Å². The van der Waals surface area contributed by atoms with Gasteiger partial charge in [0.1, 0.15) is 28.2 Å². The van der Waals surface area contributed by atoms with Gasteiger partial charge >= 0.3 is 6.18 Å². The summed E-state index contributed by atoms with van der Waals surface area (Å²) < 4.78 is 57.4. The minimum absolute atomic E-state index is 0.0644. The van der Waals surface area contributed by atoms with Crippen LogP contribution in [0.15, 0.2) is 39.5 Å². The highest BCUT2D eigenvalue weighted by Crippen LogP contribution is 2.46. The van der Waals surface area contributed by atoms with Crippen LogP contribution in [0.4, 0.5) is 13.2 Å². The van der Waals surface area contributed by atoms with E-state index < -0.39 is 22.2 Å². The maximum absolute atomic E-state index is 13.4. The molecule has 1 N–H and O–H groups in total. The van der Waals surface area contributed by atoms with Gasteiger partial charge in [0, 0.05) is 35.2 Å². The first-order valence-electron chi connectivity index (χ1n) is 10.5. The molecule has 0 radical (unpaired) electrons. The number of likely N-dealkylation sites (tertiary alicyclic amines) is 1. The molecular formula is C24H23ClF3NO5. The van der Waals surface area contributed by atoms with Crippen molar-refractivity contribution in [1.29, 1.82) is 0 Å². The Labute approximate surface area is 198 Å². The lowest BCUT2D eigenvalue weighted by Crippen LogP contribution is -2.32. The summed E-state index contributed by atoms with van der Waals surface area (Å²) in [6.45, 7) is 0.553. The summed E-state index contributed by atoms with van der Waals surface area (Å²) in [5.41, 5.74) is -0.923. The molecule has 2 atom stereocenters. The lowest BCUT2D eigenvalue weighted by molar-refractivity contribution is -0.137. The van der Waals surface area contributed by atoms with Crippen LogP contribution in [-0.2, 0) is 6.18 Å². The predicted octanol–water partition coefficient (Wildman–Crippen LogP) is 4.93. The lowest BCUT2D eigenvalue weighted by atomic mass is 9.89. The topological polar surface area (TPSA) is 72.1 Å². The van der Waals surface area contributed by atoms with Gasteiger partial charge in [-0.25, -0.2) is 0 Å². The molecule has 3 aromatic rings. The first-order valence-corrected chi connectivity index (χ1v) is 10.9. The van der Waals surface area contributed by atoms with Crippen molar-refractivity contribution in [2.75, 3.05) is 34.4 Å². The Bertz CT molecular complexity index is 1290. The van der Waals surface area contributed by atoms with Crippen molar-refractivity contribution in [3.05, 3.63) is 56.7 Å². The molecule has 1 aliphatic heterocycles. The normalized spacial score (nSPS) is 19.1. The number of aliphatic hydroxyl groups excluding tert-OH is 1. The summed E-state index contributed by atoms with van der Waals surface area (Å²) in [7, 11) is 4.73. The second-order valence-corrected chi connectivity index (χ2v) is 8.54. The van der Waals surface area contributed by atoms with Gasteiger partial charge < -0.3 is 23.9 Å². The van der Waals surface area contributed by atoms with E-state index in [-0.39, 0.29) is 46.6 Å². The highest BCUT2D eigenvalue weighted by Gasteiger charge is 2.38. The summed E-state index contributed by atoms with van der Waals surface area (Å²) in [6.07, 6.45) is -4.03. The average Bonchev–Trinajstić information content (AvgIpc) is 3.16.